The van der Waals surface area contributed by atoms with Gasteiger partial charge in [0.25, 0.3) is 0 Å². The van der Waals surface area contributed by atoms with Gasteiger partial charge in [0.2, 0.25) is 10.0 Å². The van der Waals surface area contributed by atoms with Gasteiger partial charge in [0.15, 0.2) is 0 Å². The molecule has 4 nitrogen and oxygen atoms in total. The van der Waals surface area contributed by atoms with E-state index in [1.54, 1.807) is 0 Å². The molecule has 0 aromatic rings. The van der Waals surface area contributed by atoms with Gasteiger partial charge in [0.1, 0.15) is 0 Å². The molecule has 0 aliphatic heterocycles. The first-order chi connectivity index (χ1) is 6.83. The van der Waals surface area contributed by atoms with Crippen LogP contribution in [0.2, 0.25) is 0 Å². The molecule has 0 aromatic carbocycles. The highest BCUT2D eigenvalue weighted by molar-refractivity contribution is 7.89. The van der Waals surface area contributed by atoms with Crippen molar-refractivity contribution in [1.29, 1.82) is 0 Å². The van der Waals surface area contributed by atoms with Crippen LogP contribution in [-0.4, -0.2) is 34.3 Å². The van der Waals surface area contributed by atoms with Crippen LogP contribution in [0, 0.1) is 5.41 Å². The van der Waals surface area contributed by atoms with E-state index in [-0.39, 0.29) is 11.2 Å². The van der Waals surface area contributed by atoms with E-state index in [9.17, 15) is 8.42 Å². The van der Waals surface area contributed by atoms with E-state index in [0.29, 0.717) is 13.0 Å². The second-order valence-corrected chi connectivity index (χ2v) is 6.54. The van der Waals surface area contributed by atoms with E-state index < -0.39 is 10.0 Å². The van der Waals surface area contributed by atoms with Crippen LogP contribution in [0.4, 0.5) is 0 Å². The fraction of sp³-hybridized carbons (Fsp3) is 1.00. The van der Waals surface area contributed by atoms with Crippen molar-refractivity contribution in [2.45, 2.75) is 33.6 Å². The van der Waals surface area contributed by atoms with Gasteiger partial charge >= 0.3 is 0 Å². The van der Waals surface area contributed by atoms with Crippen LogP contribution in [0.25, 0.3) is 0 Å². The van der Waals surface area contributed by atoms with Gasteiger partial charge < -0.3 is 5.32 Å². The lowest BCUT2D eigenvalue weighted by molar-refractivity contribution is 0.350. The zero-order valence-corrected chi connectivity index (χ0v) is 11.1. The van der Waals surface area contributed by atoms with E-state index >= 15 is 0 Å². The highest BCUT2D eigenvalue weighted by Gasteiger charge is 2.18. The van der Waals surface area contributed by atoms with Crippen LogP contribution < -0.4 is 10.0 Å². The molecule has 0 amide bonds. The largest absolute Gasteiger partial charge is 0.320 e. The third kappa shape index (κ3) is 7.76. The molecule has 0 heterocycles. The van der Waals surface area contributed by atoms with E-state index in [1.807, 2.05) is 7.05 Å². The second kappa shape index (κ2) is 6.45. The van der Waals surface area contributed by atoms with Gasteiger partial charge in [-0.3, -0.25) is 0 Å². The van der Waals surface area contributed by atoms with Gasteiger partial charge in [-0.05, 0) is 31.8 Å². The average molecular weight is 236 g/mol. The molecule has 0 aliphatic rings. The minimum absolute atomic E-state index is 0.0378. The van der Waals surface area contributed by atoms with Crippen molar-refractivity contribution >= 4 is 10.0 Å². The normalized spacial score (nSPS) is 13.1. The van der Waals surface area contributed by atoms with Crippen LogP contribution >= 0.6 is 0 Å². The molecule has 2 N–H and O–H groups in total. The Kier molecular flexibility index (Phi) is 6.40. The molecule has 15 heavy (non-hydrogen) atoms. The molecule has 0 rings (SSSR count). The van der Waals surface area contributed by atoms with Gasteiger partial charge in [-0.25, -0.2) is 13.1 Å². The average Bonchev–Trinajstić information content (AvgIpc) is 2.16. The van der Waals surface area contributed by atoms with Gasteiger partial charge in [-0.2, -0.15) is 0 Å². The Morgan fingerprint density at radius 3 is 2.33 bits per heavy atom. The molecule has 0 saturated carbocycles. The number of rotatable bonds is 8. The fourth-order valence-electron chi connectivity index (χ4n) is 0.941. The number of nitrogens with one attached hydrogen (secondary N) is 2. The maximum Gasteiger partial charge on any atom is 0.211 e. The molecule has 0 fully saturated rings. The highest BCUT2D eigenvalue weighted by atomic mass is 32.2. The summed E-state index contributed by atoms with van der Waals surface area (Å²) in [5, 5.41) is 2.93. The molecule has 5 heteroatoms. The molecular weight excluding hydrogens is 212 g/mol. The Hall–Kier alpha value is -0.130. The quantitative estimate of drug-likeness (QED) is 0.617. The molecule has 0 atom stereocenters. The maximum absolute atomic E-state index is 11.5. The van der Waals surface area contributed by atoms with E-state index in [0.717, 1.165) is 13.0 Å². The molecular formula is C10H24N2O2S. The van der Waals surface area contributed by atoms with Gasteiger partial charge in [-0.15, -0.1) is 0 Å². The van der Waals surface area contributed by atoms with E-state index in [2.05, 4.69) is 30.8 Å². The first-order valence-electron chi connectivity index (χ1n) is 5.45. The summed E-state index contributed by atoms with van der Waals surface area (Å²) in [7, 11) is -1.27. The van der Waals surface area contributed by atoms with Crippen molar-refractivity contribution in [3.8, 4) is 0 Å². The lowest BCUT2D eigenvalue weighted by atomic mass is 9.91. The van der Waals surface area contributed by atoms with E-state index in [1.165, 1.54) is 0 Å². The molecule has 92 valence electrons. The van der Waals surface area contributed by atoms with Gasteiger partial charge in [0.05, 0.1) is 5.75 Å². The molecule has 0 spiro atoms. The number of hydrogen-bond acceptors (Lipinski definition) is 3. The second-order valence-electron chi connectivity index (χ2n) is 4.61. The monoisotopic (exact) mass is 236 g/mol. The predicted molar refractivity (Wildman–Crippen MR) is 64.4 cm³/mol. The van der Waals surface area contributed by atoms with Gasteiger partial charge in [0, 0.05) is 6.54 Å². The molecule has 0 aromatic heterocycles. The lowest BCUT2D eigenvalue weighted by Crippen LogP contribution is -2.35. The topological polar surface area (TPSA) is 58.2 Å². The summed E-state index contributed by atoms with van der Waals surface area (Å²) >= 11 is 0. The SMILES string of the molecule is CCC(C)(C)CNS(=O)(=O)CCCNC. The minimum atomic E-state index is -3.09. The number of sulfonamides is 1. The number of hydrogen-bond donors (Lipinski definition) is 2. The zero-order chi connectivity index (χ0) is 11.9. The smallest absolute Gasteiger partial charge is 0.211 e. The van der Waals surface area contributed by atoms with Crippen LogP contribution in [0.5, 0.6) is 0 Å². The molecule has 0 radical (unpaired) electrons. The summed E-state index contributed by atoms with van der Waals surface area (Å²) in [6, 6.07) is 0. The first-order valence-corrected chi connectivity index (χ1v) is 7.10. The van der Waals surface area contributed by atoms with Crippen molar-refractivity contribution < 1.29 is 8.42 Å². The summed E-state index contributed by atoms with van der Waals surface area (Å²) in [6.07, 6.45) is 1.62. The zero-order valence-electron chi connectivity index (χ0n) is 10.3. The fourth-order valence-corrected chi connectivity index (χ4v) is 2.22. The van der Waals surface area contributed by atoms with Crippen LogP contribution in [-0.2, 0) is 10.0 Å². The van der Waals surface area contributed by atoms with Crippen molar-refractivity contribution in [2.24, 2.45) is 5.41 Å². The summed E-state index contributed by atoms with van der Waals surface area (Å²) in [5.41, 5.74) is 0.0378. The molecule has 0 aliphatic carbocycles. The van der Waals surface area contributed by atoms with Crippen molar-refractivity contribution in [3.63, 3.8) is 0 Å². The Bertz CT molecular complexity index is 261. The summed E-state index contributed by atoms with van der Waals surface area (Å²) in [6.45, 7) is 7.44. The van der Waals surface area contributed by atoms with E-state index in [4.69, 9.17) is 0 Å². The van der Waals surface area contributed by atoms with Crippen molar-refractivity contribution in [1.82, 2.24) is 10.0 Å². The third-order valence-electron chi connectivity index (χ3n) is 2.57. The Morgan fingerprint density at radius 2 is 1.87 bits per heavy atom. The molecule has 0 saturated heterocycles. The lowest BCUT2D eigenvalue weighted by Gasteiger charge is -2.22. The Balaban J connectivity index is 3.94. The van der Waals surface area contributed by atoms with Crippen molar-refractivity contribution in [3.05, 3.63) is 0 Å². The summed E-state index contributed by atoms with van der Waals surface area (Å²) < 4.78 is 25.7. The van der Waals surface area contributed by atoms with Gasteiger partial charge in [-0.1, -0.05) is 20.8 Å². The maximum atomic E-state index is 11.5. The summed E-state index contributed by atoms with van der Waals surface area (Å²) in [5.74, 6) is 0.202. The minimum Gasteiger partial charge on any atom is -0.320 e. The highest BCUT2D eigenvalue weighted by Crippen LogP contribution is 2.18. The first kappa shape index (κ1) is 14.9. The van der Waals surface area contributed by atoms with Crippen molar-refractivity contribution in [2.75, 3.05) is 25.9 Å². The molecule has 0 unspecified atom stereocenters. The van der Waals surface area contributed by atoms with Crippen LogP contribution in [0.15, 0.2) is 0 Å². The Labute approximate surface area is 93.9 Å². The van der Waals surface area contributed by atoms with Crippen LogP contribution in [0.1, 0.15) is 33.6 Å². The predicted octanol–water partition coefficient (Wildman–Crippen LogP) is 0.952. The Morgan fingerprint density at radius 1 is 1.27 bits per heavy atom. The molecule has 0 bridgehead atoms. The third-order valence-corrected chi connectivity index (χ3v) is 3.98. The standard InChI is InChI=1S/C10H24N2O2S/c1-5-10(2,3)9-12-15(13,14)8-6-7-11-4/h11-12H,5-9H2,1-4H3. The summed E-state index contributed by atoms with van der Waals surface area (Å²) in [4.78, 5) is 0. The van der Waals surface area contributed by atoms with Crippen LogP contribution in [0.3, 0.4) is 0 Å².